The van der Waals surface area contributed by atoms with Crippen molar-refractivity contribution in [2.75, 3.05) is 0 Å². The summed E-state index contributed by atoms with van der Waals surface area (Å²) in [6, 6.07) is 0. The van der Waals surface area contributed by atoms with E-state index in [2.05, 4.69) is 0 Å². The predicted molar refractivity (Wildman–Crippen MR) is 25.9 cm³/mol. The van der Waals surface area contributed by atoms with Crippen LogP contribution in [0.25, 0.3) is 0 Å². The van der Waals surface area contributed by atoms with Gasteiger partial charge in [-0.3, -0.25) is 0 Å². The molecular formula is C2H3BCl2. The normalized spacial score (nSPS) is 11.8. The summed E-state index contributed by atoms with van der Waals surface area (Å²) in [7, 11) is 4.89. The maximum Gasteiger partial charge on any atom is 0.118 e. The number of alkyl halides is 2. The monoisotopic (exact) mass is 108 g/mol. The van der Waals surface area contributed by atoms with Crippen LogP contribution in [0.2, 0.25) is 0 Å². The fourth-order valence-electron chi connectivity index (χ4n) is 0. The van der Waals surface area contributed by atoms with Gasteiger partial charge in [0, 0.05) is 0 Å². The van der Waals surface area contributed by atoms with Crippen LogP contribution in [-0.2, 0) is 0 Å². The van der Waals surface area contributed by atoms with Gasteiger partial charge in [0.25, 0.3) is 0 Å². The molecule has 0 bridgehead atoms. The Balaban J connectivity index is 3.02. The molecule has 0 aromatic heterocycles. The summed E-state index contributed by atoms with van der Waals surface area (Å²) in [6.07, 6.45) is 0. The second kappa shape index (κ2) is 1.40. The van der Waals surface area contributed by atoms with E-state index >= 15 is 0 Å². The van der Waals surface area contributed by atoms with Crippen molar-refractivity contribution in [3.63, 3.8) is 0 Å². The van der Waals surface area contributed by atoms with Crippen molar-refractivity contribution in [2.45, 2.75) is 11.2 Å². The first-order valence-corrected chi connectivity index (χ1v) is 1.92. The number of rotatable bonds is 0. The van der Waals surface area contributed by atoms with Gasteiger partial charge in [0.2, 0.25) is 0 Å². The van der Waals surface area contributed by atoms with E-state index < -0.39 is 4.23 Å². The van der Waals surface area contributed by atoms with Gasteiger partial charge in [0.1, 0.15) is 7.85 Å². The minimum Gasteiger partial charge on any atom is -0.113 e. The van der Waals surface area contributed by atoms with Gasteiger partial charge in [-0.15, -0.1) is 23.2 Å². The Kier molecular flexibility index (Phi) is 1.58. The molecule has 0 amide bonds. The van der Waals surface area contributed by atoms with Gasteiger partial charge in [-0.05, 0) is 6.92 Å². The van der Waals surface area contributed by atoms with Crippen LogP contribution in [0.3, 0.4) is 0 Å². The van der Waals surface area contributed by atoms with E-state index in [1.807, 2.05) is 0 Å². The molecule has 0 saturated heterocycles. The summed E-state index contributed by atoms with van der Waals surface area (Å²) in [4.78, 5) is 0. The lowest BCUT2D eigenvalue weighted by molar-refractivity contribution is 1.27. The maximum atomic E-state index is 5.07. The Bertz CT molecular complexity index is 23.1. The molecule has 0 aliphatic rings. The highest BCUT2D eigenvalue weighted by Crippen LogP contribution is 2.11. The van der Waals surface area contributed by atoms with Gasteiger partial charge in [-0.25, -0.2) is 0 Å². The molecule has 0 rings (SSSR count). The molecule has 0 fully saturated rings. The third-order valence-electron chi connectivity index (χ3n) is 0. The third-order valence-corrected chi connectivity index (χ3v) is 0. The lowest BCUT2D eigenvalue weighted by Gasteiger charge is -1.98. The van der Waals surface area contributed by atoms with Crippen molar-refractivity contribution in [3.05, 3.63) is 0 Å². The molecular weight excluding hydrogens is 106 g/mol. The molecule has 0 saturated carbocycles. The Labute approximate surface area is 42.9 Å². The van der Waals surface area contributed by atoms with Crippen LogP contribution in [0.1, 0.15) is 6.92 Å². The van der Waals surface area contributed by atoms with Crippen LogP contribution in [-0.4, -0.2) is 12.1 Å². The highest BCUT2D eigenvalue weighted by atomic mass is 35.5. The largest absolute Gasteiger partial charge is 0.118 e. The summed E-state index contributed by atoms with van der Waals surface area (Å²) in [6.45, 7) is 1.50. The van der Waals surface area contributed by atoms with E-state index in [0.717, 1.165) is 0 Å². The molecule has 28 valence electrons. The highest BCUT2D eigenvalue weighted by molar-refractivity contribution is 6.64. The highest BCUT2D eigenvalue weighted by Gasteiger charge is 2.02. The van der Waals surface area contributed by atoms with Gasteiger partial charge in [-0.2, -0.15) is 0 Å². The summed E-state index contributed by atoms with van der Waals surface area (Å²) >= 11 is 10.1. The molecule has 0 aromatic rings. The van der Waals surface area contributed by atoms with Crippen LogP contribution in [0.5, 0.6) is 0 Å². The van der Waals surface area contributed by atoms with E-state index in [4.69, 9.17) is 31.0 Å². The van der Waals surface area contributed by atoms with Crippen LogP contribution in [0.4, 0.5) is 0 Å². The SMILES string of the molecule is [B]C(C)(Cl)Cl. The minimum absolute atomic E-state index is 1.06. The first-order valence-electron chi connectivity index (χ1n) is 1.17. The molecule has 0 atom stereocenters. The third kappa shape index (κ3) is 78.1. The summed E-state index contributed by atoms with van der Waals surface area (Å²) < 4.78 is -1.06. The molecule has 0 nitrogen and oxygen atoms in total. The lowest BCUT2D eigenvalue weighted by Crippen LogP contribution is -2.02. The number of halogens is 2. The molecule has 0 aliphatic carbocycles. The van der Waals surface area contributed by atoms with Crippen molar-refractivity contribution in [1.29, 1.82) is 0 Å². The first-order chi connectivity index (χ1) is 2.00. The molecule has 0 N–H and O–H groups in total. The Morgan fingerprint density at radius 1 is 1.60 bits per heavy atom. The van der Waals surface area contributed by atoms with E-state index in [9.17, 15) is 0 Å². The summed E-state index contributed by atoms with van der Waals surface area (Å²) in [5, 5.41) is 0. The Hall–Kier alpha value is 0.645. The van der Waals surface area contributed by atoms with E-state index in [0.29, 0.717) is 0 Å². The van der Waals surface area contributed by atoms with Gasteiger partial charge in [0.15, 0.2) is 0 Å². The minimum atomic E-state index is -1.06. The standard InChI is InChI=1S/C2H3BCl2/c1-2(3,4)5/h1H3. The number of hydrogen-bond donors (Lipinski definition) is 0. The molecule has 0 aliphatic heterocycles. The van der Waals surface area contributed by atoms with Crippen molar-refractivity contribution in [3.8, 4) is 0 Å². The van der Waals surface area contributed by atoms with E-state index in [-0.39, 0.29) is 0 Å². The fraction of sp³-hybridized carbons (Fsp3) is 1.00. The van der Waals surface area contributed by atoms with Crippen LogP contribution < -0.4 is 0 Å². The fourth-order valence-corrected chi connectivity index (χ4v) is 0. The molecule has 2 radical (unpaired) electrons. The van der Waals surface area contributed by atoms with Crippen LogP contribution >= 0.6 is 23.2 Å². The second-order valence-corrected chi connectivity index (χ2v) is 2.72. The molecule has 0 aromatic carbocycles. The van der Waals surface area contributed by atoms with E-state index in [1.165, 1.54) is 6.92 Å². The van der Waals surface area contributed by atoms with Crippen molar-refractivity contribution >= 4 is 31.0 Å². The van der Waals surface area contributed by atoms with E-state index in [1.54, 1.807) is 0 Å². The zero-order valence-electron chi connectivity index (χ0n) is 2.83. The zero-order chi connectivity index (χ0) is 4.50. The molecule has 0 heterocycles. The van der Waals surface area contributed by atoms with Gasteiger partial charge < -0.3 is 0 Å². The van der Waals surface area contributed by atoms with Crippen molar-refractivity contribution in [1.82, 2.24) is 0 Å². The molecule has 0 unspecified atom stereocenters. The van der Waals surface area contributed by atoms with Gasteiger partial charge in [-0.1, -0.05) is 0 Å². The molecule has 5 heavy (non-hydrogen) atoms. The van der Waals surface area contributed by atoms with Crippen molar-refractivity contribution in [2.24, 2.45) is 0 Å². The van der Waals surface area contributed by atoms with Gasteiger partial charge in [0.05, 0.1) is 4.23 Å². The van der Waals surface area contributed by atoms with Gasteiger partial charge >= 0.3 is 0 Å². The smallest absolute Gasteiger partial charge is 0.113 e. The van der Waals surface area contributed by atoms with Crippen molar-refractivity contribution < 1.29 is 0 Å². The summed E-state index contributed by atoms with van der Waals surface area (Å²) in [5.74, 6) is 0. The second-order valence-electron chi connectivity index (χ2n) is 0.956. The first kappa shape index (κ1) is 5.64. The Morgan fingerprint density at radius 3 is 1.60 bits per heavy atom. The number of hydrogen-bond acceptors (Lipinski definition) is 0. The molecule has 3 heteroatoms. The lowest BCUT2D eigenvalue weighted by atomic mass is 10.1. The summed E-state index contributed by atoms with van der Waals surface area (Å²) in [5.41, 5.74) is 0. The average molecular weight is 109 g/mol. The average Bonchev–Trinajstić information content (AvgIpc) is 0.722. The predicted octanol–water partition coefficient (Wildman–Crippen LogP) is 1.31. The quantitative estimate of drug-likeness (QED) is 0.324. The van der Waals surface area contributed by atoms with Crippen LogP contribution in [0.15, 0.2) is 0 Å². The van der Waals surface area contributed by atoms with Crippen LogP contribution in [0, 0.1) is 0 Å². The topological polar surface area (TPSA) is 0 Å². The zero-order valence-corrected chi connectivity index (χ0v) is 4.35. The maximum absolute atomic E-state index is 5.07. The molecule has 0 spiro atoms. The Morgan fingerprint density at radius 2 is 1.60 bits per heavy atom.